The summed E-state index contributed by atoms with van der Waals surface area (Å²) in [5.41, 5.74) is -3.58. The van der Waals surface area contributed by atoms with Gasteiger partial charge in [-0.3, -0.25) is 9.59 Å². The monoisotopic (exact) mass is 381 g/mol. The SMILES string of the molecule is COCCn1nc(C(=O)N[C@@](C)(C(=O)O)c2cc(F)ccc2F)ccc1=O. The zero-order valence-electron chi connectivity index (χ0n) is 14.5. The molecule has 2 rings (SSSR count). The highest BCUT2D eigenvalue weighted by Gasteiger charge is 2.40. The van der Waals surface area contributed by atoms with Gasteiger partial charge in [-0.25, -0.2) is 18.3 Å². The van der Waals surface area contributed by atoms with Gasteiger partial charge in [-0.1, -0.05) is 0 Å². The molecule has 1 amide bonds. The van der Waals surface area contributed by atoms with Crippen molar-refractivity contribution >= 4 is 11.9 Å². The zero-order chi connectivity index (χ0) is 20.2. The zero-order valence-corrected chi connectivity index (χ0v) is 14.5. The predicted octanol–water partition coefficient (Wildman–Crippen LogP) is 0.898. The summed E-state index contributed by atoms with van der Waals surface area (Å²) in [4.78, 5) is 35.9. The van der Waals surface area contributed by atoms with Crippen molar-refractivity contribution in [3.8, 4) is 0 Å². The van der Waals surface area contributed by atoms with Crippen molar-refractivity contribution in [1.29, 1.82) is 0 Å². The van der Waals surface area contributed by atoms with E-state index >= 15 is 0 Å². The normalized spacial score (nSPS) is 13.0. The van der Waals surface area contributed by atoms with E-state index in [4.69, 9.17) is 4.74 Å². The van der Waals surface area contributed by atoms with Gasteiger partial charge in [0.1, 0.15) is 17.3 Å². The molecule has 0 aliphatic carbocycles. The molecule has 8 nitrogen and oxygen atoms in total. The molecule has 0 aliphatic heterocycles. The average molecular weight is 381 g/mol. The van der Waals surface area contributed by atoms with Gasteiger partial charge in [0.05, 0.1) is 13.2 Å². The lowest BCUT2D eigenvalue weighted by Crippen LogP contribution is -2.50. The number of hydrogen-bond donors (Lipinski definition) is 2. The molecule has 2 aromatic rings. The van der Waals surface area contributed by atoms with E-state index in [9.17, 15) is 28.3 Å². The van der Waals surface area contributed by atoms with Gasteiger partial charge in [-0.15, -0.1) is 0 Å². The van der Waals surface area contributed by atoms with Crippen LogP contribution in [0.1, 0.15) is 23.0 Å². The summed E-state index contributed by atoms with van der Waals surface area (Å²) in [5.74, 6) is -4.44. The van der Waals surface area contributed by atoms with E-state index in [1.807, 2.05) is 0 Å². The van der Waals surface area contributed by atoms with E-state index in [0.717, 1.165) is 35.9 Å². The third-order valence-corrected chi connectivity index (χ3v) is 3.86. The number of hydrogen-bond acceptors (Lipinski definition) is 5. The molecule has 27 heavy (non-hydrogen) atoms. The van der Waals surface area contributed by atoms with E-state index in [0.29, 0.717) is 6.07 Å². The summed E-state index contributed by atoms with van der Waals surface area (Å²) in [6.07, 6.45) is 0. The van der Waals surface area contributed by atoms with Crippen LogP contribution in [0, 0.1) is 11.6 Å². The molecule has 2 N–H and O–H groups in total. The number of halogens is 2. The number of benzene rings is 1. The van der Waals surface area contributed by atoms with Gasteiger partial charge < -0.3 is 15.2 Å². The van der Waals surface area contributed by atoms with Gasteiger partial charge in [0.2, 0.25) is 0 Å². The van der Waals surface area contributed by atoms with Crippen LogP contribution in [-0.4, -0.2) is 40.5 Å². The number of carboxylic acids is 1. The molecule has 0 saturated carbocycles. The number of carbonyl (C=O) groups excluding carboxylic acids is 1. The highest BCUT2D eigenvalue weighted by molar-refractivity contribution is 5.96. The number of carboxylic acid groups (broad SMARTS) is 1. The Kier molecular flexibility index (Phi) is 6.01. The molecule has 10 heteroatoms. The van der Waals surface area contributed by atoms with Crippen molar-refractivity contribution in [2.75, 3.05) is 13.7 Å². The van der Waals surface area contributed by atoms with Crippen molar-refractivity contribution in [2.45, 2.75) is 19.0 Å². The number of nitrogens with zero attached hydrogens (tertiary/aromatic N) is 2. The number of rotatable bonds is 7. The first-order chi connectivity index (χ1) is 12.7. The Morgan fingerprint density at radius 2 is 2.00 bits per heavy atom. The van der Waals surface area contributed by atoms with Gasteiger partial charge in [0.15, 0.2) is 5.54 Å². The lowest BCUT2D eigenvalue weighted by Gasteiger charge is -2.27. The molecule has 1 atom stereocenters. The Bertz CT molecular complexity index is 931. The Morgan fingerprint density at radius 1 is 1.30 bits per heavy atom. The molecule has 0 unspecified atom stereocenters. The van der Waals surface area contributed by atoms with E-state index in [2.05, 4.69) is 10.4 Å². The molecule has 0 fully saturated rings. The standard InChI is InChI=1S/C17H17F2N3O5/c1-17(16(25)26,11-9-10(18)3-4-12(11)19)20-15(24)13-5-6-14(23)22(21-13)7-8-27-2/h3-6,9H,7-8H2,1-2H3,(H,20,24)(H,25,26)/t17-/m1/s1. The Hall–Kier alpha value is -3.14. The maximum absolute atomic E-state index is 14.1. The van der Waals surface area contributed by atoms with Crippen LogP contribution in [0.2, 0.25) is 0 Å². The van der Waals surface area contributed by atoms with Gasteiger partial charge in [-0.2, -0.15) is 5.10 Å². The van der Waals surface area contributed by atoms with Gasteiger partial charge >= 0.3 is 5.97 Å². The Balaban J connectivity index is 2.39. The molecular weight excluding hydrogens is 364 g/mol. The Morgan fingerprint density at radius 3 is 2.63 bits per heavy atom. The number of methoxy groups -OCH3 is 1. The fourth-order valence-corrected chi connectivity index (χ4v) is 2.32. The van der Waals surface area contributed by atoms with Gasteiger partial charge in [-0.05, 0) is 31.2 Å². The molecule has 1 heterocycles. The summed E-state index contributed by atoms with van der Waals surface area (Å²) in [5, 5.41) is 15.5. The van der Waals surface area contributed by atoms with Crippen LogP contribution in [0.5, 0.6) is 0 Å². The highest BCUT2D eigenvalue weighted by atomic mass is 19.1. The molecular formula is C17H17F2N3O5. The quantitative estimate of drug-likeness (QED) is 0.737. The number of amides is 1. The number of carbonyl (C=O) groups is 2. The molecule has 0 spiro atoms. The maximum atomic E-state index is 14.1. The van der Waals surface area contributed by atoms with Crippen LogP contribution < -0.4 is 10.9 Å². The summed E-state index contributed by atoms with van der Waals surface area (Å²) in [6.45, 7) is 1.26. The van der Waals surface area contributed by atoms with Crippen molar-refractivity contribution in [3.63, 3.8) is 0 Å². The fraction of sp³-hybridized carbons (Fsp3) is 0.294. The molecule has 0 radical (unpaired) electrons. The first-order valence-corrected chi connectivity index (χ1v) is 7.77. The van der Waals surface area contributed by atoms with Crippen molar-refractivity contribution in [3.05, 3.63) is 63.6 Å². The number of aliphatic carboxylic acids is 1. The lowest BCUT2D eigenvalue weighted by molar-refractivity contribution is -0.144. The van der Waals surface area contributed by atoms with E-state index < -0.39 is 40.2 Å². The van der Waals surface area contributed by atoms with Gasteiger partial charge in [0.25, 0.3) is 11.5 Å². The second kappa shape index (κ2) is 8.04. The summed E-state index contributed by atoms with van der Waals surface area (Å²) in [6, 6.07) is 4.47. The number of nitrogens with one attached hydrogen (secondary N) is 1. The van der Waals surface area contributed by atoms with Crippen LogP contribution >= 0.6 is 0 Å². The van der Waals surface area contributed by atoms with Crippen LogP contribution in [0.15, 0.2) is 35.1 Å². The van der Waals surface area contributed by atoms with Crippen LogP contribution in [0.25, 0.3) is 0 Å². The van der Waals surface area contributed by atoms with E-state index in [1.165, 1.54) is 7.11 Å². The summed E-state index contributed by atoms with van der Waals surface area (Å²) >= 11 is 0. The van der Waals surface area contributed by atoms with Crippen molar-refractivity contribution in [1.82, 2.24) is 15.1 Å². The minimum Gasteiger partial charge on any atom is -0.479 e. The fourth-order valence-electron chi connectivity index (χ4n) is 2.32. The molecule has 0 saturated heterocycles. The molecule has 1 aromatic carbocycles. The van der Waals surface area contributed by atoms with E-state index in [-0.39, 0.29) is 18.8 Å². The van der Waals surface area contributed by atoms with Crippen molar-refractivity contribution in [2.24, 2.45) is 0 Å². The minimum atomic E-state index is -2.27. The maximum Gasteiger partial charge on any atom is 0.333 e. The second-order valence-corrected chi connectivity index (χ2v) is 5.78. The van der Waals surface area contributed by atoms with Gasteiger partial charge in [0, 0.05) is 18.7 Å². The Labute approximate surface area is 152 Å². The summed E-state index contributed by atoms with van der Waals surface area (Å²) in [7, 11) is 1.42. The molecule has 0 aliphatic rings. The average Bonchev–Trinajstić information content (AvgIpc) is 2.62. The number of aromatic nitrogens is 2. The second-order valence-electron chi connectivity index (χ2n) is 5.78. The molecule has 1 aromatic heterocycles. The first kappa shape index (κ1) is 20.2. The first-order valence-electron chi connectivity index (χ1n) is 7.77. The highest BCUT2D eigenvalue weighted by Crippen LogP contribution is 2.25. The van der Waals surface area contributed by atoms with Crippen LogP contribution in [0.4, 0.5) is 8.78 Å². The lowest BCUT2D eigenvalue weighted by atomic mass is 9.91. The predicted molar refractivity (Wildman–Crippen MR) is 89.2 cm³/mol. The van der Waals surface area contributed by atoms with Crippen molar-refractivity contribution < 1.29 is 28.2 Å². The third kappa shape index (κ3) is 4.34. The third-order valence-electron chi connectivity index (χ3n) is 3.86. The summed E-state index contributed by atoms with van der Waals surface area (Å²) < 4.78 is 33.4. The molecule has 144 valence electrons. The smallest absolute Gasteiger partial charge is 0.333 e. The van der Waals surface area contributed by atoms with Crippen LogP contribution in [-0.2, 0) is 21.6 Å². The number of ether oxygens (including phenoxy) is 1. The molecule has 0 bridgehead atoms. The topological polar surface area (TPSA) is 111 Å². The van der Waals surface area contributed by atoms with E-state index in [1.54, 1.807) is 0 Å². The minimum absolute atomic E-state index is 0.0746. The largest absolute Gasteiger partial charge is 0.479 e. The van der Waals surface area contributed by atoms with Crippen LogP contribution in [0.3, 0.4) is 0 Å².